The van der Waals surface area contributed by atoms with Gasteiger partial charge in [-0.1, -0.05) is 42.5 Å². The van der Waals surface area contributed by atoms with E-state index in [-0.39, 0.29) is 6.61 Å². The average molecular weight is 256 g/mol. The largest absolute Gasteiger partial charge is 0.373 e. The van der Waals surface area contributed by atoms with Gasteiger partial charge in [0.05, 0.1) is 26.1 Å². The summed E-state index contributed by atoms with van der Waals surface area (Å²) in [6.07, 6.45) is 4.37. The molecule has 0 unspecified atom stereocenters. The van der Waals surface area contributed by atoms with E-state index >= 15 is 0 Å². The summed E-state index contributed by atoms with van der Waals surface area (Å²) in [5, 5.41) is 0. The lowest BCUT2D eigenvalue weighted by Crippen LogP contribution is -2.02. The van der Waals surface area contributed by atoms with Crippen LogP contribution in [0.2, 0.25) is 0 Å². The van der Waals surface area contributed by atoms with Crippen molar-refractivity contribution in [1.29, 1.82) is 0 Å². The SMILES string of the molecule is CS(=O)(=O)OCC=CCOCc1ccccc1. The molecule has 0 N–H and O–H groups in total. The third-order valence-corrected chi connectivity index (χ3v) is 2.43. The Morgan fingerprint density at radius 3 is 2.41 bits per heavy atom. The minimum Gasteiger partial charge on any atom is -0.373 e. The highest BCUT2D eigenvalue weighted by atomic mass is 32.2. The van der Waals surface area contributed by atoms with Crippen LogP contribution in [-0.2, 0) is 25.6 Å². The molecule has 94 valence electrons. The first kappa shape index (κ1) is 13.9. The molecule has 4 nitrogen and oxygen atoms in total. The van der Waals surface area contributed by atoms with Crippen molar-refractivity contribution in [3.8, 4) is 0 Å². The van der Waals surface area contributed by atoms with Gasteiger partial charge in [-0.05, 0) is 5.56 Å². The molecule has 0 fully saturated rings. The minimum absolute atomic E-state index is 0.0491. The lowest BCUT2D eigenvalue weighted by molar-refractivity contribution is 0.148. The second-order valence-corrected chi connectivity index (χ2v) is 5.10. The van der Waals surface area contributed by atoms with Crippen LogP contribution < -0.4 is 0 Å². The molecule has 0 spiro atoms. The zero-order valence-electron chi connectivity index (χ0n) is 9.70. The average Bonchev–Trinajstić information content (AvgIpc) is 2.28. The summed E-state index contributed by atoms with van der Waals surface area (Å²) < 4.78 is 31.1. The van der Waals surface area contributed by atoms with Crippen LogP contribution >= 0.6 is 0 Å². The third-order valence-electron chi connectivity index (χ3n) is 1.87. The van der Waals surface area contributed by atoms with Gasteiger partial charge in [0.2, 0.25) is 0 Å². The molecule has 1 rings (SSSR count). The highest BCUT2D eigenvalue weighted by Gasteiger charge is 1.97. The van der Waals surface area contributed by atoms with Crippen molar-refractivity contribution in [2.75, 3.05) is 19.5 Å². The Bertz CT molecular complexity index is 437. The fraction of sp³-hybridized carbons (Fsp3) is 0.333. The van der Waals surface area contributed by atoms with E-state index in [0.717, 1.165) is 11.8 Å². The van der Waals surface area contributed by atoms with Crippen molar-refractivity contribution >= 4 is 10.1 Å². The maximum absolute atomic E-state index is 10.6. The molecule has 0 radical (unpaired) electrons. The quantitative estimate of drug-likeness (QED) is 0.423. The lowest BCUT2D eigenvalue weighted by atomic mass is 10.2. The maximum atomic E-state index is 10.6. The molecule has 1 aromatic carbocycles. The van der Waals surface area contributed by atoms with Gasteiger partial charge >= 0.3 is 0 Å². The Labute approximate surface area is 102 Å². The van der Waals surface area contributed by atoms with Gasteiger partial charge in [0.15, 0.2) is 0 Å². The first-order chi connectivity index (χ1) is 8.08. The molecule has 0 amide bonds. The van der Waals surface area contributed by atoms with Crippen LogP contribution in [0.4, 0.5) is 0 Å². The molecule has 0 heterocycles. The molecular weight excluding hydrogens is 240 g/mol. The Morgan fingerprint density at radius 2 is 1.76 bits per heavy atom. The number of hydrogen-bond donors (Lipinski definition) is 0. The first-order valence-corrected chi connectivity index (χ1v) is 7.00. The number of ether oxygens (including phenoxy) is 1. The van der Waals surface area contributed by atoms with Crippen molar-refractivity contribution in [2.45, 2.75) is 6.61 Å². The Balaban J connectivity index is 2.10. The predicted molar refractivity (Wildman–Crippen MR) is 66.0 cm³/mol. The molecule has 0 aliphatic heterocycles. The van der Waals surface area contributed by atoms with E-state index in [9.17, 15) is 8.42 Å². The molecule has 5 heteroatoms. The summed E-state index contributed by atoms with van der Waals surface area (Å²) in [6, 6.07) is 9.82. The van der Waals surface area contributed by atoms with Crippen molar-refractivity contribution in [3.05, 3.63) is 48.0 Å². The van der Waals surface area contributed by atoms with E-state index in [0.29, 0.717) is 13.2 Å². The van der Waals surface area contributed by atoms with Crippen molar-refractivity contribution < 1.29 is 17.3 Å². The van der Waals surface area contributed by atoms with Crippen molar-refractivity contribution in [3.63, 3.8) is 0 Å². The number of benzene rings is 1. The first-order valence-electron chi connectivity index (χ1n) is 5.19. The second-order valence-electron chi connectivity index (χ2n) is 3.46. The molecule has 0 aromatic heterocycles. The van der Waals surface area contributed by atoms with Crippen LogP contribution in [0.3, 0.4) is 0 Å². The molecule has 0 aliphatic carbocycles. The zero-order chi connectivity index (χ0) is 12.6. The van der Waals surface area contributed by atoms with Crippen LogP contribution in [-0.4, -0.2) is 27.9 Å². The van der Waals surface area contributed by atoms with Crippen molar-refractivity contribution in [1.82, 2.24) is 0 Å². The highest BCUT2D eigenvalue weighted by molar-refractivity contribution is 7.85. The van der Waals surface area contributed by atoms with Gasteiger partial charge in [0, 0.05) is 0 Å². The number of hydrogen-bond acceptors (Lipinski definition) is 4. The molecular formula is C12H16O4S. The molecule has 0 atom stereocenters. The van der Waals surface area contributed by atoms with E-state index < -0.39 is 10.1 Å². The van der Waals surface area contributed by atoms with Gasteiger partial charge in [0.1, 0.15) is 0 Å². The van der Waals surface area contributed by atoms with E-state index in [1.165, 1.54) is 0 Å². The fourth-order valence-electron chi connectivity index (χ4n) is 1.12. The molecule has 0 aliphatic rings. The van der Waals surface area contributed by atoms with Gasteiger partial charge in [0.25, 0.3) is 10.1 Å². The summed E-state index contributed by atoms with van der Waals surface area (Å²) in [5.41, 5.74) is 1.10. The predicted octanol–water partition coefficient (Wildman–Crippen LogP) is 1.74. The second kappa shape index (κ2) is 7.21. The van der Waals surface area contributed by atoms with Crippen LogP contribution in [0, 0.1) is 0 Å². The van der Waals surface area contributed by atoms with E-state index in [2.05, 4.69) is 4.18 Å². The zero-order valence-corrected chi connectivity index (χ0v) is 10.5. The highest BCUT2D eigenvalue weighted by Crippen LogP contribution is 2.00. The Hall–Kier alpha value is -1.17. The molecule has 0 saturated heterocycles. The Morgan fingerprint density at radius 1 is 1.12 bits per heavy atom. The van der Waals surface area contributed by atoms with E-state index in [1.54, 1.807) is 12.2 Å². The fourth-order valence-corrected chi connectivity index (χ4v) is 1.44. The maximum Gasteiger partial charge on any atom is 0.264 e. The summed E-state index contributed by atoms with van der Waals surface area (Å²) in [5.74, 6) is 0. The summed E-state index contributed by atoms with van der Waals surface area (Å²) in [4.78, 5) is 0. The number of rotatable bonds is 7. The lowest BCUT2D eigenvalue weighted by Gasteiger charge is -2.00. The van der Waals surface area contributed by atoms with Crippen LogP contribution in [0.1, 0.15) is 5.56 Å². The van der Waals surface area contributed by atoms with Gasteiger partial charge in [-0.3, -0.25) is 4.18 Å². The molecule has 0 bridgehead atoms. The molecule has 1 aromatic rings. The summed E-state index contributed by atoms with van der Waals surface area (Å²) in [6.45, 7) is 1.02. The van der Waals surface area contributed by atoms with Gasteiger partial charge in [-0.25, -0.2) is 0 Å². The van der Waals surface area contributed by atoms with Gasteiger partial charge < -0.3 is 4.74 Å². The Kier molecular flexibility index (Phi) is 5.90. The molecule has 0 saturated carbocycles. The topological polar surface area (TPSA) is 52.6 Å². The van der Waals surface area contributed by atoms with Crippen molar-refractivity contribution in [2.24, 2.45) is 0 Å². The minimum atomic E-state index is -3.35. The normalized spacial score (nSPS) is 12.1. The standard InChI is InChI=1S/C12H16O4S/c1-17(13,14)16-10-6-5-9-15-11-12-7-3-2-4-8-12/h2-8H,9-11H2,1H3. The van der Waals surface area contributed by atoms with Crippen LogP contribution in [0.25, 0.3) is 0 Å². The summed E-state index contributed by atoms with van der Waals surface area (Å²) >= 11 is 0. The van der Waals surface area contributed by atoms with Gasteiger partial charge in [-0.15, -0.1) is 0 Å². The smallest absolute Gasteiger partial charge is 0.264 e. The van der Waals surface area contributed by atoms with E-state index in [1.807, 2.05) is 30.3 Å². The monoisotopic (exact) mass is 256 g/mol. The van der Waals surface area contributed by atoms with E-state index in [4.69, 9.17) is 4.74 Å². The van der Waals surface area contributed by atoms with Crippen LogP contribution in [0.5, 0.6) is 0 Å². The third kappa shape index (κ3) is 7.68. The molecule has 17 heavy (non-hydrogen) atoms. The van der Waals surface area contributed by atoms with Gasteiger partial charge in [-0.2, -0.15) is 8.42 Å². The summed E-state index contributed by atoms with van der Waals surface area (Å²) in [7, 11) is -3.35. The van der Waals surface area contributed by atoms with Crippen LogP contribution in [0.15, 0.2) is 42.5 Å².